The van der Waals surface area contributed by atoms with Crippen LogP contribution in [0.4, 0.5) is 5.69 Å². The summed E-state index contributed by atoms with van der Waals surface area (Å²) < 4.78 is 2.16. The number of imidazole rings is 1. The Morgan fingerprint density at radius 1 is 1.04 bits per heavy atom. The van der Waals surface area contributed by atoms with Crippen molar-refractivity contribution in [2.75, 3.05) is 44.2 Å². The molecule has 236 valence electrons. The summed E-state index contributed by atoms with van der Waals surface area (Å²) in [7, 11) is 0. The number of carbonyl (C=O) groups excluding carboxylic acids is 2. The maximum absolute atomic E-state index is 13.3. The maximum atomic E-state index is 13.3. The Morgan fingerprint density at radius 2 is 1.89 bits per heavy atom. The Morgan fingerprint density at radius 3 is 2.73 bits per heavy atom. The third-order valence-corrected chi connectivity index (χ3v) is 9.88. The van der Waals surface area contributed by atoms with Gasteiger partial charge in [-0.25, -0.2) is 9.97 Å². The standard InChI is InChI=1S/C35H43N7O2S/c1-3-4-16-39-18-20-40(21-19-39)29-10-7-9-27(22-29)31-13-8-17-41(31)35(44)15-14-33(43)36-23-34-38-28(25-45-34)24-42-26(2)37-30-11-5-6-12-32(30)42/h3,5-7,9-12,22,25,31H,1,4,8,13-21,23-24H2,2H3,(H,36,43). The molecule has 2 amide bonds. The molecule has 2 aliphatic rings. The van der Waals surface area contributed by atoms with Crippen LogP contribution < -0.4 is 10.2 Å². The fourth-order valence-electron chi connectivity index (χ4n) is 6.53. The summed E-state index contributed by atoms with van der Waals surface area (Å²) in [5, 5.41) is 5.85. The molecule has 1 N–H and O–H groups in total. The molecule has 4 aromatic rings. The Bertz CT molecular complexity index is 1640. The lowest BCUT2D eigenvalue weighted by atomic mass is 10.0. The quantitative estimate of drug-likeness (QED) is 0.215. The predicted octanol–water partition coefficient (Wildman–Crippen LogP) is 5.31. The van der Waals surface area contributed by atoms with Gasteiger partial charge < -0.3 is 19.7 Å². The highest BCUT2D eigenvalue weighted by molar-refractivity contribution is 7.09. The van der Waals surface area contributed by atoms with Crippen LogP contribution in [0.25, 0.3) is 11.0 Å². The van der Waals surface area contributed by atoms with Gasteiger partial charge in [0.05, 0.1) is 35.9 Å². The largest absolute Gasteiger partial charge is 0.369 e. The van der Waals surface area contributed by atoms with E-state index in [1.807, 2.05) is 41.5 Å². The van der Waals surface area contributed by atoms with E-state index in [0.717, 1.165) is 86.1 Å². The highest BCUT2D eigenvalue weighted by atomic mass is 32.1. The van der Waals surface area contributed by atoms with Crippen LogP contribution in [0, 0.1) is 6.92 Å². The van der Waals surface area contributed by atoms with Crippen molar-refractivity contribution < 1.29 is 9.59 Å². The van der Waals surface area contributed by atoms with E-state index >= 15 is 0 Å². The van der Waals surface area contributed by atoms with Crippen molar-refractivity contribution in [2.24, 2.45) is 0 Å². The number of hydrogen-bond acceptors (Lipinski definition) is 7. The van der Waals surface area contributed by atoms with E-state index in [1.54, 1.807) is 0 Å². The maximum Gasteiger partial charge on any atom is 0.223 e. The number of fused-ring (bicyclic) bond motifs is 1. The first-order valence-corrected chi connectivity index (χ1v) is 17.0. The van der Waals surface area contributed by atoms with Crippen LogP contribution in [-0.4, -0.2) is 75.4 Å². The molecular weight excluding hydrogens is 582 g/mol. The molecule has 0 spiro atoms. The number of anilines is 1. The molecular formula is C35H43N7O2S. The van der Waals surface area contributed by atoms with Gasteiger partial charge in [-0.3, -0.25) is 14.5 Å². The number of likely N-dealkylation sites (tertiary alicyclic amines) is 1. The highest BCUT2D eigenvalue weighted by Crippen LogP contribution is 2.34. The second-order valence-electron chi connectivity index (χ2n) is 12.0. The van der Waals surface area contributed by atoms with Gasteiger partial charge in [-0.1, -0.05) is 30.3 Å². The van der Waals surface area contributed by atoms with Crippen molar-refractivity contribution in [1.82, 2.24) is 29.7 Å². The monoisotopic (exact) mass is 625 g/mol. The van der Waals surface area contributed by atoms with Gasteiger partial charge in [-0.2, -0.15) is 0 Å². The molecule has 6 rings (SSSR count). The van der Waals surface area contributed by atoms with Crippen molar-refractivity contribution in [3.63, 3.8) is 0 Å². The van der Waals surface area contributed by atoms with Gasteiger partial charge in [0.25, 0.3) is 0 Å². The minimum atomic E-state index is -0.124. The van der Waals surface area contributed by atoms with Gasteiger partial charge in [-0.15, -0.1) is 17.9 Å². The Hall–Kier alpha value is -4.02. The van der Waals surface area contributed by atoms with Gasteiger partial charge in [-0.05, 0) is 56.0 Å². The van der Waals surface area contributed by atoms with E-state index < -0.39 is 0 Å². The smallest absolute Gasteiger partial charge is 0.223 e. The number of nitrogens with zero attached hydrogens (tertiary/aromatic N) is 6. The number of amides is 2. The third-order valence-electron chi connectivity index (χ3n) is 8.98. The average Bonchev–Trinajstić information content (AvgIpc) is 3.81. The van der Waals surface area contributed by atoms with E-state index in [9.17, 15) is 9.59 Å². The van der Waals surface area contributed by atoms with Gasteiger partial charge in [0.1, 0.15) is 10.8 Å². The number of carbonyl (C=O) groups is 2. The lowest BCUT2D eigenvalue weighted by Gasteiger charge is -2.36. The fourth-order valence-corrected chi connectivity index (χ4v) is 7.26. The molecule has 1 unspecified atom stereocenters. The summed E-state index contributed by atoms with van der Waals surface area (Å²) in [4.78, 5) is 42.3. The second kappa shape index (κ2) is 14.4. The average molecular weight is 626 g/mol. The normalized spacial score (nSPS) is 17.2. The lowest BCUT2D eigenvalue weighted by Crippen LogP contribution is -2.46. The van der Waals surface area contributed by atoms with Crippen LogP contribution in [0.1, 0.15) is 60.2 Å². The molecule has 45 heavy (non-hydrogen) atoms. The molecule has 2 aliphatic heterocycles. The van der Waals surface area contributed by atoms with E-state index in [0.29, 0.717) is 13.1 Å². The van der Waals surface area contributed by atoms with Crippen LogP contribution in [0.2, 0.25) is 0 Å². The molecule has 2 saturated heterocycles. The van der Waals surface area contributed by atoms with Crippen molar-refractivity contribution in [2.45, 2.75) is 58.2 Å². The first-order valence-electron chi connectivity index (χ1n) is 16.1. The van der Waals surface area contributed by atoms with E-state index in [-0.39, 0.29) is 30.7 Å². The number of aryl methyl sites for hydroxylation is 1. The van der Waals surface area contributed by atoms with Gasteiger partial charge in [0.15, 0.2) is 0 Å². The second-order valence-corrected chi connectivity index (χ2v) is 12.9. The number of rotatable bonds is 12. The molecule has 0 aliphatic carbocycles. The van der Waals surface area contributed by atoms with E-state index in [1.165, 1.54) is 22.6 Å². The third kappa shape index (κ3) is 7.45. The van der Waals surface area contributed by atoms with Crippen molar-refractivity contribution >= 4 is 39.9 Å². The van der Waals surface area contributed by atoms with Gasteiger partial charge in [0.2, 0.25) is 11.8 Å². The summed E-state index contributed by atoms with van der Waals surface area (Å²) in [5.74, 6) is 0.875. The zero-order valence-electron chi connectivity index (χ0n) is 26.2. The predicted molar refractivity (Wildman–Crippen MR) is 180 cm³/mol. The minimum Gasteiger partial charge on any atom is -0.369 e. The zero-order chi connectivity index (χ0) is 31.2. The van der Waals surface area contributed by atoms with Crippen LogP contribution in [0.15, 0.2) is 66.6 Å². The SMILES string of the molecule is C=CCCN1CCN(c2cccc(C3CCCN3C(=O)CCC(=O)NCc3nc(Cn4c(C)nc5ccccc54)cs3)c2)CC1. The molecule has 1 atom stereocenters. The molecule has 0 radical (unpaired) electrons. The Balaban J connectivity index is 0.975. The first-order chi connectivity index (χ1) is 22.0. The molecule has 2 aromatic heterocycles. The van der Waals surface area contributed by atoms with Gasteiger partial charge in [0, 0.05) is 63.2 Å². The number of para-hydroxylation sites is 2. The number of benzene rings is 2. The molecule has 9 nitrogen and oxygen atoms in total. The molecule has 4 heterocycles. The summed E-state index contributed by atoms with van der Waals surface area (Å²) >= 11 is 1.54. The van der Waals surface area contributed by atoms with Crippen LogP contribution >= 0.6 is 11.3 Å². The summed E-state index contributed by atoms with van der Waals surface area (Å²) in [6, 6.07) is 16.9. The molecule has 0 bridgehead atoms. The molecule has 10 heteroatoms. The summed E-state index contributed by atoms with van der Waals surface area (Å²) in [6.45, 7) is 12.8. The van der Waals surface area contributed by atoms with Crippen molar-refractivity contribution in [1.29, 1.82) is 0 Å². The number of hydrogen-bond donors (Lipinski definition) is 1. The lowest BCUT2D eigenvalue weighted by molar-refractivity contribution is -0.134. The summed E-state index contributed by atoms with van der Waals surface area (Å²) in [5.41, 5.74) is 5.43. The van der Waals surface area contributed by atoms with Gasteiger partial charge >= 0.3 is 0 Å². The summed E-state index contributed by atoms with van der Waals surface area (Å²) in [6.07, 6.45) is 5.34. The topological polar surface area (TPSA) is 86.6 Å². The molecule has 2 aromatic carbocycles. The number of nitrogens with one attached hydrogen (secondary N) is 1. The highest BCUT2D eigenvalue weighted by Gasteiger charge is 2.30. The van der Waals surface area contributed by atoms with Crippen molar-refractivity contribution in [3.05, 3.63) is 88.7 Å². The number of thiazole rings is 1. The van der Waals surface area contributed by atoms with E-state index in [2.05, 4.69) is 61.6 Å². The molecule has 0 saturated carbocycles. The Labute approximate surface area is 269 Å². The van der Waals surface area contributed by atoms with Crippen LogP contribution in [0.3, 0.4) is 0 Å². The zero-order valence-corrected chi connectivity index (χ0v) is 27.0. The number of piperazine rings is 1. The first kappa shape index (κ1) is 31.0. The number of aromatic nitrogens is 3. The Kier molecular flexibility index (Phi) is 9.91. The minimum absolute atomic E-state index is 0.0494. The fraction of sp³-hybridized carbons (Fsp3) is 0.429. The van der Waals surface area contributed by atoms with Crippen LogP contribution in [-0.2, 0) is 22.7 Å². The van der Waals surface area contributed by atoms with E-state index in [4.69, 9.17) is 4.98 Å². The molecule has 2 fully saturated rings. The van der Waals surface area contributed by atoms with Crippen molar-refractivity contribution in [3.8, 4) is 0 Å². The van der Waals surface area contributed by atoms with Crippen LogP contribution in [0.5, 0.6) is 0 Å².